The van der Waals surface area contributed by atoms with E-state index in [0.717, 1.165) is 16.0 Å². The van der Waals surface area contributed by atoms with Gasteiger partial charge in [0.2, 0.25) is 23.6 Å². The van der Waals surface area contributed by atoms with Gasteiger partial charge in [-0.1, -0.05) is 81.0 Å². The Labute approximate surface area is 344 Å². The van der Waals surface area contributed by atoms with Crippen molar-refractivity contribution in [1.29, 1.82) is 0 Å². The summed E-state index contributed by atoms with van der Waals surface area (Å²) in [4.78, 5) is 97.5. The second kappa shape index (κ2) is 24.0. The van der Waals surface area contributed by atoms with Crippen molar-refractivity contribution in [3.63, 3.8) is 0 Å². The number of likely N-dealkylation sites (N-methyl/N-ethyl adjacent to an activating group) is 1. The fraction of sp³-hybridized carbons (Fsp3) is 0.512. The highest BCUT2D eigenvalue weighted by Gasteiger charge is 2.36. The van der Waals surface area contributed by atoms with Gasteiger partial charge in [0.25, 0.3) is 5.91 Å². The van der Waals surface area contributed by atoms with E-state index in [1.165, 1.54) is 33.9 Å². The third-order valence-electron chi connectivity index (χ3n) is 10.1. The van der Waals surface area contributed by atoms with Crippen LogP contribution in [-0.2, 0) is 44.7 Å². The molecule has 0 spiro atoms. The van der Waals surface area contributed by atoms with Crippen molar-refractivity contribution in [3.8, 4) is 0 Å². The summed E-state index contributed by atoms with van der Waals surface area (Å²) in [6, 6.07) is 4.12. The molecular formula is C41H60N8O10. The lowest BCUT2D eigenvalue weighted by molar-refractivity contribution is -0.146. The first kappa shape index (κ1) is 49.1. The maximum atomic E-state index is 14.1. The number of carboxylic acids is 2. The highest BCUT2D eigenvalue weighted by molar-refractivity contribution is 6.00. The summed E-state index contributed by atoms with van der Waals surface area (Å²) < 4.78 is 5.79. The zero-order chi connectivity index (χ0) is 44.4. The van der Waals surface area contributed by atoms with Gasteiger partial charge in [-0.05, 0) is 45.1 Å². The van der Waals surface area contributed by atoms with Gasteiger partial charge in [-0.3, -0.25) is 29.0 Å². The summed E-state index contributed by atoms with van der Waals surface area (Å²) in [6.45, 7) is 8.07. The van der Waals surface area contributed by atoms with E-state index < -0.39 is 83.9 Å². The number of aliphatic carboxylic acids is 2. The number of benzene rings is 1. The summed E-state index contributed by atoms with van der Waals surface area (Å²) in [7, 11) is 2.88. The Hall–Kier alpha value is -6.04. The Kier molecular flexibility index (Phi) is 20.0. The largest absolute Gasteiger partial charge is 0.480 e. The number of hydrogen-bond acceptors (Lipinski definition) is 9. The number of allylic oxidation sites excluding steroid dienone is 3. The molecule has 0 bridgehead atoms. The minimum atomic E-state index is -1.80. The van der Waals surface area contributed by atoms with Crippen molar-refractivity contribution in [2.24, 2.45) is 34.2 Å². The molecule has 1 aromatic carbocycles. The van der Waals surface area contributed by atoms with Crippen LogP contribution in [0.15, 0.2) is 70.9 Å². The van der Waals surface area contributed by atoms with Crippen LogP contribution < -0.4 is 32.7 Å². The van der Waals surface area contributed by atoms with Crippen molar-refractivity contribution >= 4 is 47.4 Å². The molecule has 18 heteroatoms. The molecule has 59 heavy (non-hydrogen) atoms. The third-order valence-corrected chi connectivity index (χ3v) is 10.1. The van der Waals surface area contributed by atoms with Crippen LogP contribution in [0, 0.1) is 17.8 Å². The van der Waals surface area contributed by atoms with E-state index in [1.54, 1.807) is 19.3 Å². The minimum Gasteiger partial charge on any atom is -0.480 e. The van der Waals surface area contributed by atoms with Gasteiger partial charge in [-0.25, -0.2) is 9.59 Å². The van der Waals surface area contributed by atoms with E-state index in [0.29, 0.717) is 6.42 Å². The topological polar surface area (TPSA) is 285 Å². The molecule has 1 fully saturated rings. The van der Waals surface area contributed by atoms with Crippen LogP contribution in [0.1, 0.15) is 65.9 Å². The van der Waals surface area contributed by atoms with Gasteiger partial charge in [0.1, 0.15) is 23.8 Å². The first-order valence-corrected chi connectivity index (χ1v) is 19.4. The summed E-state index contributed by atoms with van der Waals surface area (Å²) in [5.74, 6) is -9.91. The van der Waals surface area contributed by atoms with Crippen LogP contribution in [0.3, 0.4) is 0 Å². The Bertz CT molecular complexity index is 1780. The fourth-order valence-corrected chi connectivity index (χ4v) is 6.38. The first-order chi connectivity index (χ1) is 27.8. The van der Waals surface area contributed by atoms with E-state index in [1.807, 2.05) is 50.3 Å². The lowest BCUT2D eigenvalue weighted by Gasteiger charge is -2.28. The molecule has 0 radical (unpaired) electrons. The number of nitrogens with zero attached hydrogens (tertiary/aromatic N) is 2. The maximum absolute atomic E-state index is 14.1. The number of carbonyl (C=O) groups excluding carboxylic acids is 5. The Balaban J connectivity index is 2.63. The minimum absolute atomic E-state index is 0.0326. The smallest absolute Gasteiger partial charge is 0.327 e. The molecule has 2 rings (SSSR count). The van der Waals surface area contributed by atoms with Gasteiger partial charge < -0.3 is 52.6 Å². The second-order valence-corrected chi connectivity index (χ2v) is 14.6. The number of carboxylic acid groups (broad SMARTS) is 2. The van der Waals surface area contributed by atoms with Gasteiger partial charge in [-0.15, -0.1) is 0 Å². The number of nitrogens with one attached hydrogen (secondary N) is 4. The van der Waals surface area contributed by atoms with Crippen molar-refractivity contribution in [1.82, 2.24) is 26.2 Å². The number of guanidine groups is 1. The number of hydrogen-bond donors (Lipinski definition) is 8. The number of methoxy groups -OCH3 is 1. The molecule has 18 nitrogen and oxygen atoms in total. The summed E-state index contributed by atoms with van der Waals surface area (Å²) in [6.07, 6.45) is 6.35. The van der Waals surface area contributed by atoms with Gasteiger partial charge >= 0.3 is 11.9 Å². The summed E-state index contributed by atoms with van der Waals surface area (Å²) in [5, 5.41) is 30.2. The molecule has 0 saturated carbocycles. The third kappa shape index (κ3) is 15.7. The molecule has 324 valence electrons. The lowest BCUT2D eigenvalue weighted by atomic mass is 9.94. The number of ether oxygens (including phenoxy) is 1. The van der Waals surface area contributed by atoms with Gasteiger partial charge in [0.15, 0.2) is 5.96 Å². The molecule has 4 unspecified atom stereocenters. The normalized spacial score (nSPS) is 25.1. The van der Waals surface area contributed by atoms with Crippen LogP contribution in [0.5, 0.6) is 0 Å². The molecule has 1 heterocycles. The SMILES string of the molecule is C/C=C1\C(=O)NC(C(=O)O)C(C)C(=O)NC(CCCN=C(N)N)C(=O)NC(/C=C/C(C)=C\[C@H](C)[C@H](Cc2ccccc2)OC)[C@H](C)C(=O)N[C@@H](C(=O)O)CCC(=O)N1C. The fourth-order valence-electron chi connectivity index (χ4n) is 6.38. The second-order valence-electron chi connectivity index (χ2n) is 14.6. The van der Waals surface area contributed by atoms with E-state index in [4.69, 9.17) is 16.2 Å². The lowest BCUT2D eigenvalue weighted by Crippen LogP contribution is -2.56. The van der Waals surface area contributed by atoms with E-state index in [2.05, 4.69) is 26.3 Å². The van der Waals surface area contributed by atoms with Crippen molar-refractivity contribution in [3.05, 3.63) is 71.5 Å². The predicted octanol–water partition coefficient (Wildman–Crippen LogP) is 0.973. The van der Waals surface area contributed by atoms with E-state index >= 15 is 0 Å². The van der Waals surface area contributed by atoms with Crippen LogP contribution in [0.25, 0.3) is 0 Å². The molecule has 8 atom stereocenters. The standard InChI is InChI=1S/C41H60N8O10/c1-8-31-38(54)48-34(40(57)58)26(5)36(52)46-29(15-12-20-44-41(42)43)37(53)45-28(25(4)35(51)47-30(39(55)56)18-19-33(50)49(31)6)17-16-23(2)21-24(3)32(59-7)22-27-13-10-9-11-14-27/h8-11,13-14,16-17,21,24-26,28-30,32,34H,12,15,18-20,22H2,1-7H3,(H,45,53)(H,46,52)(H,47,51)(H,48,54)(H,55,56)(H,57,58)(H4,42,43,44)/b17-16+,23-21-,31-8+/t24-,25-,26?,28?,29?,30+,32-,34?/m0/s1. The Morgan fingerprint density at radius 3 is 2.19 bits per heavy atom. The quantitative estimate of drug-likeness (QED) is 0.0454. The summed E-state index contributed by atoms with van der Waals surface area (Å²) in [5.41, 5.74) is 12.5. The van der Waals surface area contributed by atoms with Gasteiger partial charge in [-0.2, -0.15) is 0 Å². The van der Waals surface area contributed by atoms with Gasteiger partial charge in [0, 0.05) is 33.0 Å². The first-order valence-electron chi connectivity index (χ1n) is 19.4. The number of rotatable bonds is 13. The van der Waals surface area contributed by atoms with E-state index in [-0.39, 0.29) is 49.5 Å². The molecule has 5 amide bonds. The van der Waals surface area contributed by atoms with Crippen molar-refractivity contribution in [2.75, 3.05) is 20.7 Å². The average molecular weight is 825 g/mol. The molecular weight excluding hydrogens is 764 g/mol. The number of aliphatic imine (C=N–C) groups is 1. The average Bonchev–Trinajstić information content (AvgIpc) is 3.19. The zero-order valence-corrected chi connectivity index (χ0v) is 34.8. The monoisotopic (exact) mass is 824 g/mol. The molecule has 0 aliphatic carbocycles. The van der Waals surface area contributed by atoms with Crippen molar-refractivity contribution in [2.45, 2.75) is 97.0 Å². The van der Waals surface area contributed by atoms with Gasteiger partial charge in [0.05, 0.1) is 24.0 Å². The zero-order valence-electron chi connectivity index (χ0n) is 34.8. The maximum Gasteiger partial charge on any atom is 0.327 e. The van der Waals surface area contributed by atoms with Crippen LogP contribution in [0.2, 0.25) is 0 Å². The predicted molar refractivity (Wildman–Crippen MR) is 220 cm³/mol. The molecule has 1 aromatic rings. The van der Waals surface area contributed by atoms with E-state index in [9.17, 15) is 43.8 Å². The Morgan fingerprint density at radius 2 is 1.61 bits per heavy atom. The number of amides is 5. The number of carbonyl (C=O) groups is 7. The molecule has 1 aliphatic heterocycles. The Morgan fingerprint density at radius 1 is 0.966 bits per heavy atom. The molecule has 10 N–H and O–H groups in total. The van der Waals surface area contributed by atoms with Crippen LogP contribution in [0.4, 0.5) is 0 Å². The molecule has 0 aromatic heterocycles. The number of nitrogens with two attached hydrogens (primary N) is 2. The van der Waals surface area contributed by atoms with Crippen LogP contribution >= 0.6 is 0 Å². The molecule has 1 aliphatic rings. The highest BCUT2D eigenvalue weighted by Crippen LogP contribution is 2.19. The highest BCUT2D eigenvalue weighted by atomic mass is 16.5. The summed E-state index contributed by atoms with van der Waals surface area (Å²) >= 11 is 0. The van der Waals surface area contributed by atoms with Crippen molar-refractivity contribution < 1.29 is 48.5 Å². The molecule has 1 saturated heterocycles. The van der Waals surface area contributed by atoms with Crippen LogP contribution in [-0.4, -0.2) is 114 Å².